The number of nitrogens with zero attached hydrogens (tertiary/aromatic N) is 4. The maximum absolute atomic E-state index is 5.90. The van der Waals surface area contributed by atoms with Crippen LogP contribution in [0.2, 0.25) is 10.3 Å². The molecule has 84 valence electrons. The van der Waals surface area contributed by atoms with Gasteiger partial charge in [-0.2, -0.15) is 5.10 Å². The Kier molecular flexibility index (Phi) is 3.47. The molecule has 0 atom stereocenters. The molecule has 0 amide bonds. The first-order valence-corrected chi connectivity index (χ1v) is 6.08. The van der Waals surface area contributed by atoms with Crippen LogP contribution in [0.4, 0.5) is 0 Å². The van der Waals surface area contributed by atoms with Gasteiger partial charge in [0.05, 0.1) is 16.2 Å². The zero-order chi connectivity index (χ0) is 11.7. The molecule has 2 heterocycles. The van der Waals surface area contributed by atoms with Crippen molar-refractivity contribution in [1.82, 2.24) is 19.7 Å². The van der Waals surface area contributed by atoms with Crippen molar-refractivity contribution in [3.63, 3.8) is 0 Å². The van der Waals surface area contributed by atoms with E-state index in [1.165, 1.54) is 0 Å². The predicted molar refractivity (Wildman–Crippen MR) is 66.6 cm³/mol. The monoisotopic (exact) mass is 320 g/mol. The minimum Gasteiger partial charge on any atom is -0.272 e. The predicted octanol–water partition coefficient (Wildman–Crippen LogP) is 3.43. The summed E-state index contributed by atoms with van der Waals surface area (Å²) in [5.41, 5.74) is 0.790. The molecule has 2 rings (SSSR count). The topological polar surface area (TPSA) is 43.6 Å². The molecule has 0 unspecified atom stereocenters. The standard InChI is InChI=1S/C9H7BrCl2N4/c1-2-16-4-5(3-13-16)9-14-7(11)6(10)8(12)15-9/h3-4H,2H2,1H3. The molecule has 0 aliphatic carbocycles. The van der Waals surface area contributed by atoms with Gasteiger partial charge in [-0.1, -0.05) is 23.2 Å². The zero-order valence-electron chi connectivity index (χ0n) is 8.28. The minimum atomic E-state index is 0.291. The van der Waals surface area contributed by atoms with E-state index < -0.39 is 0 Å². The van der Waals surface area contributed by atoms with Gasteiger partial charge in [-0.15, -0.1) is 0 Å². The third-order valence-corrected chi connectivity index (χ3v) is 3.74. The van der Waals surface area contributed by atoms with E-state index in [4.69, 9.17) is 23.2 Å². The van der Waals surface area contributed by atoms with Crippen LogP contribution in [-0.4, -0.2) is 19.7 Å². The number of hydrogen-bond donors (Lipinski definition) is 0. The second-order valence-electron chi connectivity index (χ2n) is 3.03. The lowest BCUT2D eigenvalue weighted by molar-refractivity contribution is 0.660. The van der Waals surface area contributed by atoms with E-state index in [1.807, 2.05) is 13.1 Å². The molecule has 2 aromatic heterocycles. The van der Waals surface area contributed by atoms with Gasteiger partial charge < -0.3 is 0 Å². The molecule has 0 radical (unpaired) electrons. The third kappa shape index (κ3) is 2.21. The maximum Gasteiger partial charge on any atom is 0.165 e. The van der Waals surface area contributed by atoms with Crippen molar-refractivity contribution in [3.05, 3.63) is 27.2 Å². The summed E-state index contributed by atoms with van der Waals surface area (Å²) in [5.74, 6) is 0.470. The third-order valence-electron chi connectivity index (χ3n) is 1.99. The Morgan fingerprint density at radius 1 is 1.31 bits per heavy atom. The van der Waals surface area contributed by atoms with Crippen LogP contribution in [-0.2, 0) is 6.54 Å². The van der Waals surface area contributed by atoms with Gasteiger partial charge in [-0.25, -0.2) is 9.97 Å². The quantitative estimate of drug-likeness (QED) is 0.796. The first kappa shape index (κ1) is 11.8. The summed E-state index contributed by atoms with van der Waals surface area (Å²) in [6.45, 7) is 2.79. The number of aryl methyl sites for hydroxylation is 1. The van der Waals surface area contributed by atoms with E-state index in [1.54, 1.807) is 10.9 Å². The van der Waals surface area contributed by atoms with E-state index in [2.05, 4.69) is 31.0 Å². The first-order chi connectivity index (χ1) is 7.61. The highest BCUT2D eigenvalue weighted by Gasteiger charge is 2.11. The number of hydrogen-bond acceptors (Lipinski definition) is 3. The summed E-state index contributed by atoms with van der Waals surface area (Å²) in [5, 5.41) is 4.71. The number of rotatable bonds is 2. The normalized spacial score (nSPS) is 10.8. The van der Waals surface area contributed by atoms with Gasteiger partial charge in [0.15, 0.2) is 5.82 Å². The maximum atomic E-state index is 5.90. The lowest BCUT2D eigenvalue weighted by atomic mass is 10.3. The van der Waals surface area contributed by atoms with Gasteiger partial charge in [0, 0.05) is 12.7 Å². The average Bonchev–Trinajstić information content (AvgIpc) is 2.73. The lowest BCUT2D eigenvalue weighted by Crippen LogP contribution is -1.93. The smallest absolute Gasteiger partial charge is 0.165 e. The van der Waals surface area contributed by atoms with Crippen molar-refractivity contribution in [2.75, 3.05) is 0 Å². The lowest BCUT2D eigenvalue weighted by Gasteiger charge is -2.01. The van der Waals surface area contributed by atoms with Crippen LogP contribution in [0.25, 0.3) is 11.4 Å². The van der Waals surface area contributed by atoms with Gasteiger partial charge in [0.2, 0.25) is 0 Å². The summed E-state index contributed by atoms with van der Waals surface area (Å²) in [6, 6.07) is 0. The second-order valence-corrected chi connectivity index (χ2v) is 4.54. The molecule has 0 fully saturated rings. The van der Waals surface area contributed by atoms with Gasteiger partial charge in [-0.05, 0) is 22.9 Å². The zero-order valence-corrected chi connectivity index (χ0v) is 11.4. The van der Waals surface area contributed by atoms with Gasteiger partial charge in [0.25, 0.3) is 0 Å². The molecule has 16 heavy (non-hydrogen) atoms. The van der Waals surface area contributed by atoms with E-state index in [-0.39, 0.29) is 0 Å². The Bertz CT molecular complexity index is 503. The Labute approximate surface area is 111 Å². The Morgan fingerprint density at radius 3 is 2.44 bits per heavy atom. The van der Waals surface area contributed by atoms with Crippen LogP contribution in [0.5, 0.6) is 0 Å². The molecular weight excluding hydrogens is 315 g/mol. The number of aromatic nitrogens is 4. The Hall–Kier alpha value is -0.650. The summed E-state index contributed by atoms with van der Waals surface area (Å²) >= 11 is 15.0. The highest BCUT2D eigenvalue weighted by molar-refractivity contribution is 9.10. The van der Waals surface area contributed by atoms with Crippen LogP contribution in [0.1, 0.15) is 6.92 Å². The average molecular weight is 322 g/mol. The highest BCUT2D eigenvalue weighted by Crippen LogP contribution is 2.29. The Morgan fingerprint density at radius 2 is 1.94 bits per heavy atom. The molecule has 2 aromatic rings. The van der Waals surface area contributed by atoms with E-state index in [9.17, 15) is 0 Å². The second kappa shape index (κ2) is 4.69. The van der Waals surface area contributed by atoms with Crippen molar-refractivity contribution >= 4 is 39.1 Å². The van der Waals surface area contributed by atoms with Crippen LogP contribution < -0.4 is 0 Å². The van der Waals surface area contributed by atoms with Crippen molar-refractivity contribution in [1.29, 1.82) is 0 Å². The molecule has 0 bridgehead atoms. The van der Waals surface area contributed by atoms with Gasteiger partial charge >= 0.3 is 0 Å². The van der Waals surface area contributed by atoms with Crippen molar-refractivity contribution < 1.29 is 0 Å². The van der Waals surface area contributed by atoms with Crippen LogP contribution in [0.15, 0.2) is 16.9 Å². The van der Waals surface area contributed by atoms with E-state index in [0.29, 0.717) is 20.6 Å². The fourth-order valence-electron chi connectivity index (χ4n) is 1.18. The van der Waals surface area contributed by atoms with E-state index >= 15 is 0 Å². The molecular formula is C9H7BrCl2N4. The molecule has 0 saturated heterocycles. The summed E-state index contributed by atoms with van der Waals surface area (Å²) in [6.07, 6.45) is 3.52. The molecule has 0 aliphatic rings. The fraction of sp³-hybridized carbons (Fsp3) is 0.222. The SMILES string of the molecule is CCn1cc(-c2nc(Cl)c(Br)c(Cl)n2)cn1. The number of halogens is 3. The first-order valence-electron chi connectivity index (χ1n) is 4.53. The van der Waals surface area contributed by atoms with Gasteiger partial charge in [0.1, 0.15) is 10.3 Å². The molecule has 7 heteroatoms. The van der Waals surface area contributed by atoms with Crippen LogP contribution >= 0.6 is 39.1 Å². The molecule has 0 saturated carbocycles. The van der Waals surface area contributed by atoms with Crippen molar-refractivity contribution in [2.24, 2.45) is 0 Å². The summed E-state index contributed by atoms with van der Waals surface area (Å²) in [7, 11) is 0. The molecule has 0 aromatic carbocycles. The Balaban J connectivity index is 2.48. The molecule has 0 N–H and O–H groups in total. The largest absolute Gasteiger partial charge is 0.272 e. The van der Waals surface area contributed by atoms with Crippen molar-refractivity contribution in [2.45, 2.75) is 13.5 Å². The fourth-order valence-corrected chi connectivity index (χ4v) is 1.74. The van der Waals surface area contributed by atoms with Crippen molar-refractivity contribution in [3.8, 4) is 11.4 Å². The van der Waals surface area contributed by atoms with E-state index in [0.717, 1.165) is 12.1 Å². The molecule has 0 aliphatic heterocycles. The van der Waals surface area contributed by atoms with Crippen LogP contribution in [0.3, 0.4) is 0 Å². The summed E-state index contributed by atoms with van der Waals surface area (Å²) in [4.78, 5) is 8.24. The van der Waals surface area contributed by atoms with Gasteiger partial charge in [-0.3, -0.25) is 4.68 Å². The summed E-state index contributed by atoms with van der Waals surface area (Å²) < 4.78 is 2.28. The minimum absolute atomic E-state index is 0.291. The highest BCUT2D eigenvalue weighted by atomic mass is 79.9. The molecule has 0 spiro atoms. The molecule has 4 nitrogen and oxygen atoms in total. The van der Waals surface area contributed by atoms with Crippen LogP contribution in [0, 0.1) is 0 Å².